The second-order valence-corrected chi connectivity index (χ2v) is 8.05. The van der Waals surface area contributed by atoms with Gasteiger partial charge in [-0.3, -0.25) is 9.59 Å². The average Bonchev–Trinajstić information content (AvgIpc) is 2.83. The third kappa shape index (κ3) is 4.49. The zero-order valence-electron chi connectivity index (χ0n) is 18.6. The zero-order valence-corrected chi connectivity index (χ0v) is 18.6. The number of aromatic nitrogens is 1. The van der Waals surface area contributed by atoms with Crippen LogP contribution in [0.1, 0.15) is 38.1 Å². The Morgan fingerprint density at radius 3 is 2.62 bits per heavy atom. The van der Waals surface area contributed by atoms with Crippen LogP contribution in [0.3, 0.4) is 0 Å². The Labute approximate surface area is 187 Å². The number of hydrogen-bond acceptors (Lipinski definition) is 5. The molecule has 1 unspecified atom stereocenters. The number of morpholine rings is 1. The topological polar surface area (TPSA) is 72.0 Å². The molecule has 166 valence electrons. The summed E-state index contributed by atoms with van der Waals surface area (Å²) in [7, 11) is 5.10. The monoisotopic (exact) mass is 433 g/mol. The van der Waals surface area contributed by atoms with Gasteiger partial charge in [-0.25, -0.2) is 4.98 Å². The molecule has 0 N–H and O–H groups in total. The first kappa shape index (κ1) is 21.9. The molecule has 0 bridgehead atoms. The van der Waals surface area contributed by atoms with Gasteiger partial charge in [0.25, 0.3) is 11.8 Å². The van der Waals surface area contributed by atoms with Gasteiger partial charge < -0.3 is 19.3 Å². The minimum Gasteiger partial charge on any atom is -0.380 e. The van der Waals surface area contributed by atoms with Gasteiger partial charge in [0.15, 0.2) is 0 Å². The van der Waals surface area contributed by atoms with Crippen LogP contribution in [-0.2, 0) is 16.1 Å². The van der Waals surface area contributed by atoms with E-state index in [0.717, 1.165) is 16.5 Å². The van der Waals surface area contributed by atoms with Crippen molar-refractivity contribution in [2.45, 2.75) is 12.7 Å². The number of hydrogen-bond donors (Lipinski definition) is 0. The Kier molecular flexibility index (Phi) is 6.48. The van der Waals surface area contributed by atoms with Crippen molar-refractivity contribution in [3.8, 4) is 0 Å². The summed E-state index contributed by atoms with van der Waals surface area (Å²) in [5.41, 5.74) is 3.61. The molecule has 7 heteroatoms. The average molecular weight is 434 g/mol. The normalized spacial score (nSPS) is 16.2. The molecule has 3 aromatic rings. The predicted molar refractivity (Wildman–Crippen MR) is 122 cm³/mol. The highest BCUT2D eigenvalue weighted by Crippen LogP contribution is 2.27. The minimum absolute atomic E-state index is 0.0485. The molecule has 7 nitrogen and oxygen atoms in total. The van der Waals surface area contributed by atoms with Gasteiger partial charge in [-0.05, 0) is 29.8 Å². The Hall–Kier alpha value is -3.29. The fourth-order valence-corrected chi connectivity index (χ4v) is 3.88. The molecule has 1 atom stereocenters. The first-order chi connectivity index (χ1) is 15.5. The van der Waals surface area contributed by atoms with Gasteiger partial charge in [-0.1, -0.05) is 30.3 Å². The quantitative estimate of drug-likeness (QED) is 0.617. The molecular weight excluding hydrogens is 406 g/mol. The fraction of sp³-hybridized carbons (Fsp3) is 0.320. The van der Waals surface area contributed by atoms with Crippen LogP contribution in [0.5, 0.6) is 0 Å². The molecule has 2 heterocycles. The summed E-state index contributed by atoms with van der Waals surface area (Å²) in [5.74, 6) is -0.141. The highest BCUT2D eigenvalue weighted by atomic mass is 16.5. The zero-order chi connectivity index (χ0) is 22.7. The number of rotatable bonds is 5. The van der Waals surface area contributed by atoms with E-state index in [1.54, 1.807) is 37.1 Å². The van der Waals surface area contributed by atoms with E-state index in [1.165, 1.54) is 0 Å². The Bertz CT molecular complexity index is 1130. The van der Waals surface area contributed by atoms with Crippen molar-refractivity contribution in [1.82, 2.24) is 14.8 Å². The van der Waals surface area contributed by atoms with Gasteiger partial charge in [0, 0.05) is 38.7 Å². The van der Waals surface area contributed by atoms with Crippen LogP contribution in [0.4, 0.5) is 0 Å². The molecule has 0 radical (unpaired) electrons. The fourth-order valence-electron chi connectivity index (χ4n) is 3.88. The van der Waals surface area contributed by atoms with Crippen molar-refractivity contribution in [2.24, 2.45) is 0 Å². The number of nitrogens with zero attached hydrogens (tertiary/aromatic N) is 3. The van der Waals surface area contributed by atoms with Crippen LogP contribution < -0.4 is 0 Å². The number of ether oxygens (including phenoxy) is 2. The lowest BCUT2D eigenvalue weighted by molar-refractivity contribution is -0.0246. The van der Waals surface area contributed by atoms with E-state index in [0.29, 0.717) is 43.1 Å². The molecule has 0 saturated carbocycles. The van der Waals surface area contributed by atoms with Crippen molar-refractivity contribution in [3.63, 3.8) is 0 Å². The van der Waals surface area contributed by atoms with E-state index in [-0.39, 0.29) is 11.8 Å². The van der Waals surface area contributed by atoms with Crippen LogP contribution >= 0.6 is 0 Å². The van der Waals surface area contributed by atoms with Crippen molar-refractivity contribution in [2.75, 3.05) is 40.9 Å². The molecule has 4 rings (SSSR count). The number of para-hydroxylation sites is 1. The standard InChI is InChI=1S/C25H27N3O4/c1-27(2)25(30)20-14-22(26-21-7-5-4-6-19(20)21)23-15-28(12-13-32-23)24(29)18-10-8-17(9-11-18)16-31-3/h4-11,14,23H,12-13,15-16H2,1-3H3. The maximum atomic E-state index is 13.1. The molecule has 32 heavy (non-hydrogen) atoms. The highest BCUT2D eigenvalue weighted by Gasteiger charge is 2.28. The van der Waals surface area contributed by atoms with Gasteiger partial charge in [0.05, 0.1) is 36.5 Å². The summed E-state index contributed by atoms with van der Waals surface area (Å²) in [6.45, 7) is 1.80. The van der Waals surface area contributed by atoms with Crippen LogP contribution in [0.2, 0.25) is 0 Å². The van der Waals surface area contributed by atoms with Crippen LogP contribution in [0.15, 0.2) is 54.6 Å². The second kappa shape index (κ2) is 9.46. The summed E-state index contributed by atoms with van der Waals surface area (Å²) >= 11 is 0. The number of fused-ring (bicyclic) bond motifs is 1. The summed E-state index contributed by atoms with van der Waals surface area (Å²) in [4.78, 5) is 34.0. The van der Waals surface area contributed by atoms with E-state index in [4.69, 9.17) is 14.5 Å². The number of pyridine rings is 1. The molecule has 0 spiro atoms. The van der Waals surface area contributed by atoms with Gasteiger partial charge in [-0.15, -0.1) is 0 Å². The number of benzene rings is 2. The molecule has 0 aliphatic carbocycles. The predicted octanol–water partition coefficient (Wildman–Crippen LogP) is 3.30. The Morgan fingerprint density at radius 1 is 1.16 bits per heavy atom. The van der Waals surface area contributed by atoms with E-state index in [2.05, 4.69) is 0 Å². The molecule has 1 saturated heterocycles. The maximum Gasteiger partial charge on any atom is 0.254 e. The summed E-state index contributed by atoms with van der Waals surface area (Å²) in [6, 6.07) is 16.8. The molecule has 1 aliphatic heterocycles. The van der Waals surface area contributed by atoms with Crippen LogP contribution in [-0.4, -0.2) is 67.5 Å². The van der Waals surface area contributed by atoms with Crippen molar-refractivity contribution < 1.29 is 19.1 Å². The van der Waals surface area contributed by atoms with E-state index in [1.807, 2.05) is 48.5 Å². The minimum atomic E-state index is -0.404. The summed E-state index contributed by atoms with van der Waals surface area (Å²) in [5, 5.41) is 0.801. The SMILES string of the molecule is COCc1ccc(C(=O)N2CCOC(c3cc(C(=O)N(C)C)c4ccccc4n3)C2)cc1. The Morgan fingerprint density at radius 2 is 1.91 bits per heavy atom. The van der Waals surface area contributed by atoms with Gasteiger partial charge in [0.2, 0.25) is 0 Å². The molecular formula is C25H27N3O4. The highest BCUT2D eigenvalue weighted by molar-refractivity contribution is 6.06. The van der Waals surface area contributed by atoms with Gasteiger partial charge >= 0.3 is 0 Å². The van der Waals surface area contributed by atoms with Gasteiger partial charge in [0.1, 0.15) is 6.10 Å². The Balaban J connectivity index is 1.60. The third-order valence-electron chi connectivity index (χ3n) is 5.57. The van der Waals surface area contributed by atoms with Gasteiger partial charge in [-0.2, -0.15) is 0 Å². The first-order valence-electron chi connectivity index (χ1n) is 10.6. The van der Waals surface area contributed by atoms with E-state index < -0.39 is 6.10 Å². The molecule has 1 aliphatic rings. The van der Waals surface area contributed by atoms with Crippen molar-refractivity contribution in [3.05, 3.63) is 77.0 Å². The lowest BCUT2D eigenvalue weighted by Gasteiger charge is -2.33. The summed E-state index contributed by atoms with van der Waals surface area (Å²) < 4.78 is 11.1. The van der Waals surface area contributed by atoms with Crippen LogP contribution in [0.25, 0.3) is 10.9 Å². The number of methoxy groups -OCH3 is 1. The molecule has 2 aromatic carbocycles. The first-order valence-corrected chi connectivity index (χ1v) is 10.6. The van der Waals surface area contributed by atoms with Crippen molar-refractivity contribution >= 4 is 22.7 Å². The van der Waals surface area contributed by atoms with E-state index in [9.17, 15) is 9.59 Å². The number of amides is 2. The lowest BCUT2D eigenvalue weighted by atomic mass is 10.0. The molecule has 1 aromatic heterocycles. The largest absolute Gasteiger partial charge is 0.380 e. The number of carbonyl (C=O) groups is 2. The maximum absolute atomic E-state index is 13.1. The van der Waals surface area contributed by atoms with Crippen molar-refractivity contribution in [1.29, 1.82) is 0 Å². The number of carbonyl (C=O) groups excluding carboxylic acids is 2. The lowest BCUT2D eigenvalue weighted by Crippen LogP contribution is -2.42. The smallest absolute Gasteiger partial charge is 0.254 e. The third-order valence-corrected chi connectivity index (χ3v) is 5.57. The van der Waals surface area contributed by atoms with E-state index >= 15 is 0 Å². The summed E-state index contributed by atoms with van der Waals surface area (Å²) in [6.07, 6.45) is -0.404. The second-order valence-electron chi connectivity index (χ2n) is 8.05. The molecule has 1 fully saturated rings. The molecule has 2 amide bonds. The van der Waals surface area contributed by atoms with Crippen LogP contribution in [0, 0.1) is 0 Å².